The summed E-state index contributed by atoms with van der Waals surface area (Å²) in [7, 11) is 1.79. The maximum atomic E-state index is 12.7. The molecule has 2 aromatic carbocycles. The number of piperazine rings is 1. The van der Waals surface area contributed by atoms with Gasteiger partial charge in [-0.3, -0.25) is 9.79 Å². The van der Waals surface area contributed by atoms with Crippen LogP contribution in [0.4, 0.5) is 5.69 Å². The molecule has 1 unspecified atom stereocenters. The second-order valence-electron chi connectivity index (χ2n) is 7.95. The Bertz CT molecular complexity index is 846. The average Bonchev–Trinajstić information content (AvgIpc) is 3.31. The molecule has 0 bridgehead atoms. The number of rotatable bonds is 4. The van der Waals surface area contributed by atoms with E-state index in [0.717, 1.165) is 51.6 Å². The van der Waals surface area contributed by atoms with E-state index in [1.807, 2.05) is 11.0 Å². The smallest absolute Gasteiger partial charge is 0.242 e. The van der Waals surface area contributed by atoms with Gasteiger partial charge in [-0.1, -0.05) is 48.5 Å². The van der Waals surface area contributed by atoms with Crippen LogP contribution in [0.25, 0.3) is 0 Å². The van der Waals surface area contributed by atoms with Crippen LogP contribution in [0.2, 0.25) is 0 Å². The van der Waals surface area contributed by atoms with Crippen molar-refractivity contribution in [2.75, 3.05) is 57.8 Å². The molecular formula is C24H31N5O. The van der Waals surface area contributed by atoms with Crippen LogP contribution < -0.4 is 10.2 Å². The van der Waals surface area contributed by atoms with Crippen molar-refractivity contribution in [3.63, 3.8) is 0 Å². The number of hydrogen-bond donors (Lipinski definition) is 1. The van der Waals surface area contributed by atoms with Gasteiger partial charge >= 0.3 is 0 Å². The van der Waals surface area contributed by atoms with Crippen molar-refractivity contribution in [2.24, 2.45) is 4.99 Å². The van der Waals surface area contributed by atoms with Gasteiger partial charge in [0, 0.05) is 57.9 Å². The van der Waals surface area contributed by atoms with Gasteiger partial charge in [0.05, 0.1) is 6.54 Å². The molecule has 2 aliphatic rings. The van der Waals surface area contributed by atoms with Crippen molar-refractivity contribution in [3.05, 3.63) is 66.2 Å². The van der Waals surface area contributed by atoms with Crippen molar-refractivity contribution in [3.8, 4) is 0 Å². The number of benzene rings is 2. The van der Waals surface area contributed by atoms with Crippen molar-refractivity contribution < 1.29 is 4.79 Å². The van der Waals surface area contributed by atoms with Gasteiger partial charge in [0.15, 0.2) is 5.96 Å². The highest BCUT2D eigenvalue weighted by Crippen LogP contribution is 2.26. The fourth-order valence-electron chi connectivity index (χ4n) is 4.40. The third-order valence-electron chi connectivity index (χ3n) is 6.12. The van der Waals surface area contributed by atoms with Gasteiger partial charge in [-0.25, -0.2) is 0 Å². The zero-order valence-electron chi connectivity index (χ0n) is 17.7. The fourth-order valence-corrected chi connectivity index (χ4v) is 4.40. The highest BCUT2D eigenvalue weighted by atomic mass is 16.2. The van der Waals surface area contributed by atoms with E-state index in [4.69, 9.17) is 0 Å². The molecule has 0 aliphatic carbocycles. The Kier molecular flexibility index (Phi) is 6.52. The second-order valence-corrected chi connectivity index (χ2v) is 7.95. The highest BCUT2D eigenvalue weighted by Gasteiger charge is 2.27. The molecule has 4 rings (SSSR count). The van der Waals surface area contributed by atoms with Crippen molar-refractivity contribution in [1.29, 1.82) is 0 Å². The second kappa shape index (κ2) is 9.65. The molecule has 2 saturated heterocycles. The summed E-state index contributed by atoms with van der Waals surface area (Å²) >= 11 is 0. The molecule has 6 heteroatoms. The normalized spacial score (nSPS) is 19.8. The summed E-state index contributed by atoms with van der Waals surface area (Å²) in [6.07, 6.45) is 1.11. The lowest BCUT2D eigenvalue weighted by atomic mass is 9.99. The van der Waals surface area contributed by atoms with E-state index < -0.39 is 0 Å². The number of carbonyl (C=O) groups is 1. The fraction of sp³-hybridized carbons (Fsp3) is 0.417. The number of hydrogen-bond acceptors (Lipinski definition) is 3. The van der Waals surface area contributed by atoms with E-state index >= 15 is 0 Å². The Balaban J connectivity index is 1.24. The minimum Gasteiger partial charge on any atom is -0.368 e. The van der Waals surface area contributed by atoms with Crippen LogP contribution in [0.5, 0.6) is 0 Å². The number of carbonyl (C=O) groups excluding carboxylic acids is 1. The number of amides is 1. The maximum absolute atomic E-state index is 12.7. The van der Waals surface area contributed by atoms with Crippen LogP contribution in [0.15, 0.2) is 65.7 Å². The number of guanidine groups is 1. The first-order chi connectivity index (χ1) is 14.7. The van der Waals surface area contributed by atoms with Crippen molar-refractivity contribution >= 4 is 17.6 Å². The highest BCUT2D eigenvalue weighted by molar-refractivity contribution is 5.86. The maximum Gasteiger partial charge on any atom is 0.242 e. The summed E-state index contributed by atoms with van der Waals surface area (Å²) in [4.78, 5) is 23.7. The van der Waals surface area contributed by atoms with E-state index in [1.54, 1.807) is 7.05 Å². The zero-order valence-corrected chi connectivity index (χ0v) is 17.7. The van der Waals surface area contributed by atoms with Gasteiger partial charge in [0.25, 0.3) is 0 Å². The van der Waals surface area contributed by atoms with Gasteiger partial charge < -0.3 is 20.0 Å². The Hall–Kier alpha value is -3.02. The molecule has 1 amide bonds. The van der Waals surface area contributed by atoms with E-state index in [9.17, 15) is 4.79 Å². The van der Waals surface area contributed by atoms with Gasteiger partial charge in [-0.2, -0.15) is 0 Å². The Morgan fingerprint density at radius 1 is 0.933 bits per heavy atom. The third-order valence-corrected chi connectivity index (χ3v) is 6.12. The average molecular weight is 406 g/mol. The molecule has 2 heterocycles. The van der Waals surface area contributed by atoms with Crippen LogP contribution in [-0.4, -0.2) is 74.5 Å². The lowest BCUT2D eigenvalue weighted by Gasteiger charge is -2.36. The van der Waals surface area contributed by atoms with E-state index in [2.05, 4.69) is 74.7 Å². The number of likely N-dealkylation sites (tertiary alicyclic amines) is 1. The summed E-state index contributed by atoms with van der Waals surface area (Å²) in [6, 6.07) is 21.1. The molecule has 158 valence electrons. The van der Waals surface area contributed by atoms with Gasteiger partial charge in [0.1, 0.15) is 0 Å². The van der Waals surface area contributed by atoms with Crippen LogP contribution >= 0.6 is 0 Å². The van der Waals surface area contributed by atoms with Gasteiger partial charge in [-0.15, -0.1) is 0 Å². The summed E-state index contributed by atoms with van der Waals surface area (Å²) in [5.74, 6) is 1.49. The standard InChI is InChI=1S/C24H31N5O/c1-25-24(29-13-12-21(19-29)20-8-4-2-5-9-20)26-18-23(30)28-16-14-27(15-17-28)22-10-6-3-7-11-22/h2-11,21H,12-19H2,1H3,(H,25,26). The number of nitrogens with one attached hydrogen (secondary N) is 1. The molecule has 0 radical (unpaired) electrons. The predicted molar refractivity (Wildman–Crippen MR) is 122 cm³/mol. The SMILES string of the molecule is CN=C(NCC(=O)N1CCN(c2ccccc2)CC1)N1CCC(c2ccccc2)C1. The minimum absolute atomic E-state index is 0.141. The predicted octanol–water partition coefficient (Wildman–Crippen LogP) is 2.40. The topological polar surface area (TPSA) is 51.2 Å². The number of nitrogens with zero attached hydrogens (tertiary/aromatic N) is 4. The third kappa shape index (κ3) is 4.75. The summed E-state index contributed by atoms with van der Waals surface area (Å²) in [6.45, 7) is 5.45. The Morgan fingerprint density at radius 3 is 2.27 bits per heavy atom. The van der Waals surface area contributed by atoms with Crippen LogP contribution in [0.3, 0.4) is 0 Å². The Labute approximate surface area is 179 Å². The molecule has 30 heavy (non-hydrogen) atoms. The van der Waals surface area contributed by atoms with Crippen LogP contribution in [-0.2, 0) is 4.79 Å². The van der Waals surface area contributed by atoms with Crippen molar-refractivity contribution in [2.45, 2.75) is 12.3 Å². The van der Waals surface area contributed by atoms with Crippen LogP contribution in [0.1, 0.15) is 17.9 Å². The lowest BCUT2D eigenvalue weighted by molar-refractivity contribution is -0.130. The molecule has 0 spiro atoms. The molecule has 6 nitrogen and oxygen atoms in total. The molecule has 2 aliphatic heterocycles. The first-order valence-corrected chi connectivity index (χ1v) is 10.8. The molecule has 0 aromatic heterocycles. The lowest BCUT2D eigenvalue weighted by Crippen LogP contribution is -2.52. The number of anilines is 1. The molecule has 1 atom stereocenters. The monoisotopic (exact) mass is 405 g/mol. The summed E-state index contributed by atoms with van der Waals surface area (Å²) in [5.41, 5.74) is 2.60. The molecular weight excluding hydrogens is 374 g/mol. The largest absolute Gasteiger partial charge is 0.368 e. The molecule has 0 saturated carbocycles. The first-order valence-electron chi connectivity index (χ1n) is 10.8. The quantitative estimate of drug-likeness (QED) is 0.627. The molecule has 2 fully saturated rings. The summed E-state index contributed by atoms with van der Waals surface area (Å²) < 4.78 is 0. The van der Waals surface area contributed by atoms with E-state index in [1.165, 1.54) is 11.3 Å². The molecule has 2 aromatic rings. The number of aliphatic imine (C=N–C) groups is 1. The van der Waals surface area contributed by atoms with Gasteiger partial charge in [-0.05, 0) is 24.1 Å². The number of para-hydroxylation sites is 1. The van der Waals surface area contributed by atoms with Crippen LogP contribution in [0, 0.1) is 0 Å². The zero-order chi connectivity index (χ0) is 20.8. The van der Waals surface area contributed by atoms with E-state index in [-0.39, 0.29) is 5.91 Å². The Morgan fingerprint density at radius 2 is 1.60 bits per heavy atom. The minimum atomic E-state index is 0.141. The van der Waals surface area contributed by atoms with E-state index in [0.29, 0.717) is 12.5 Å². The summed E-state index contributed by atoms with van der Waals surface area (Å²) in [5, 5.41) is 3.29. The van der Waals surface area contributed by atoms with Crippen molar-refractivity contribution in [1.82, 2.24) is 15.1 Å². The molecule has 1 N–H and O–H groups in total. The first kappa shape index (κ1) is 20.3. The van der Waals surface area contributed by atoms with Gasteiger partial charge in [0.2, 0.25) is 5.91 Å².